The zero-order chi connectivity index (χ0) is 19.8. The third-order valence-corrected chi connectivity index (χ3v) is 4.47. The maximum absolute atomic E-state index is 12.4. The highest BCUT2D eigenvalue weighted by Crippen LogP contribution is 2.29. The van der Waals surface area contributed by atoms with Crippen LogP contribution in [0.15, 0.2) is 41.1 Å². The molecule has 0 aliphatic carbocycles. The van der Waals surface area contributed by atoms with E-state index in [1.807, 2.05) is 0 Å². The fraction of sp³-hybridized carbons (Fsp3) is 0.222. The number of pyridine rings is 1. The number of alkyl halides is 3. The molecule has 0 bridgehead atoms. The number of halogens is 4. The lowest BCUT2D eigenvalue weighted by molar-refractivity contribution is -0.255. The highest BCUT2D eigenvalue weighted by atomic mass is 79.9. The number of aromatic carboxylic acids is 1. The number of nitrogens with zero attached hydrogens (tertiary/aromatic N) is 2. The van der Waals surface area contributed by atoms with Gasteiger partial charge in [-0.1, -0.05) is 12.1 Å². The third kappa shape index (κ3) is 4.24. The molecular formula is C18H14BrF3N3O2-. The highest BCUT2D eigenvalue weighted by Gasteiger charge is 2.26. The molecule has 1 aromatic carbocycles. The summed E-state index contributed by atoms with van der Waals surface area (Å²) >= 11 is 3.35. The van der Waals surface area contributed by atoms with Crippen LogP contribution in [0.5, 0.6) is 0 Å². The SMILES string of the molecule is Cc1cc(-c2cnc3c(NCCC(F)(F)F)cc(Br)cn23)ccc1C(=O)[O-]. The van der Waals surface area contributed by atoms with E-state index in [9.17, 15) is 23.1 Å². The maximum Gasteiger partial charge on any atom is 0.390 e. The van der Waals surface area contributed by atoms with Gasteiger partial charge in [0.05, 0.1) is 30.0 Å². The maximum atomic E-state index is 12.4. The van der Waals surface area contributed by atoms with Crippen molar-refractivity contribution >= 4 is 33.2 Å². The van der Waals surface area contributed by atoms with E-state index in [0.717, 1.165) is 5.56 Å². The Balaban J connectivity index is 1.99. The van der Waals surface area contributed by atoms with Crippen LogP contribution in [0.25, 0.3) is 16.9 Å². The molecule has 0 atom stereocenters. The number of carbonyl (C=O) groups excluding carboxylic acids is 1. The van der Waals surface area contributed by atoms with Gasteiger partial charge in [-0.25, -0.2) is 4.98 Å². The monoisotopic (exact) mass is 440 g/mol. The van der Waals surface area contributed by atoms with E-state index in [1.54, 1.807) is 41.9 Å². The lowest BCUT2D eigenvalue weighted by Crippen LogP contribution is -2.23. The van der Waals surface area contributed by atoms with Crippen LogP contribution in [-0.2, 0) is 0 Å². The summed E-state index contributed by atoms with van der Waals surface area (Å²) in [7, 11) is 0. The molecule has 3 rings (SSSR count). The van der Waals surface area contributed by atoms with Crippen LogP contribution < -0.4 is 10.4 Å². The molecule has 0 fully saturated rings. The van der Waals surface area contributed by atoms with Crippen molar-refractivity contribution in [2.45, 2.75) is 19.5 Å². The molecule has 9 heteroatoms. The second-order valence-corrected chi connectivity index (χ2v) is 6.93. The molecule has 0 aliphatic heterocycles. The Morgan fingerprint density at radius 2 is 2.07 bits per heavy atom. The number of anilines is 1. The fourth-order valence-corrected chi connectivity index (χ4v) is 3.22. The van der Waals surface area contributed by atoms with Gasteiger partial charge < -0.3 is 15.2 Å². The molecule has 0 aliphatic rings. The average molecular weight is 441 g/mol. The summed E-state index contributed by atoms with van der Waals surface area (Å²) in [5.41, 5.74) is 2.98. The molecule has 0 amide bonds. The first-order chi connectivity index (χ1) is 12.7. The van der Waals surface area contributed by atoms with Gasteiger partial charge in [0, 0.05) is 28.3 Å². The van der Waals surface area contributed by atoms with E-state index in [4.69, 9.17) is 0 Å². The van der Waals surface area contributed by atoms with Crippen LogP contribution in [-0.4, -0.2) is 28.1 Å². The fourth-order valence-electron chi connectivity index (χ4n) is 2.79. The number of imidazole rings is 1. The predicted octanol–water partition coefficient (Wildman–Crippen LogP) is 3.80. The number of aryl methyl sites for hydroxylation is 1. The van der Waals surface area contributed by atoms with E-state index in [0.29, 0.717) is 27.1 Å². The van der Waals surface area contributed by atoms with Crippen molar-refractivity contribution in [3.63, 3.8) is 0 Å². The summed E-state index contributed by atoms with van der Waals surface area (Å²) in [5, 5.41) is 13.8. The van der Waals surface area contributed by atoms with Crippen LogP contribution in [0.2, 0.25) is 0 Å². The van der Waals surface area contributed by atoms with Crippen LogP contribution in [0.3, 0.4) is 0 Å². The van der Waals surface area contributed by atoms with Gasteiger partial charge in [-0.05, 0) is 40.5 Å². The van der Waals surface area contributed by atoms with E-state index in [-0.39, 0.29) is 12.1 Å². The molecule has 142 valence electrons. The van der Waals surface area contributed by atoms with Crippen molar-refractivity contribution in [1.29, 1.82) is 0 Å². The number of nitrogens with one attached hydrogen (secondary N) is 1. The number of fused-ring (bicyclic) bond motifs is 1. The van der Waals surface area contributed by atoms with Crippen molar-refractivity contribution in [2.24, 2.45) is 0 Å². The molecule has 0 saturated carbocycles. The number of hydrogen-bond donors (Lipinski definition) is 1. The van der Waals surface area contributed by atoms with Crippen molar-refractivity contribution in [3.05, 3.63) is 52.3 Å². The lowest BCUT2D eigenvalue weighted by atomic mass is 10.0. The van der Waals surface area contributed by atoms with Gasteiger partial charge in [-0.2, -0.15) is 13.2 Å². The lowest BCUT2D eigenvalue weighted by Gasteiger charge is -2.12. The standard InChI is InChI=1S/C18H15BrF3N3O2/c1-10-6-11(2-3-13(10)17(26)27)15-8-24-16-14(7-12(19)9-25(15)16)23-5-4-18(20,21)22/h2-3,6-9,23H,4-5H2,1H3,(H,26,27)/p-1. The molecule has 2 heterocycles. The Labute approximate surface area is 161 Å². The summed E-state index contributed by atoms with van der Waals surface area (Å²) in [4.78, 5) is 15.4. The topological polar surface area (TPSA) is 69.5 Å². The van der Waals surface area contributed by atoms with Crippen LogP contribution >= 0.6 is 15.9 Å². The number of benzene rings is 1. The molecule has 0 spiro atoms. The molecule has 27 heavy (non-hydrogen) atoms. The van der Waals surface area contributed by atoms with Crippen molar-refractivity contribution in [2.75, 3.05) is 11.9 Å². The van der Waals surface area contributed by atoms with Gasteiger partial charge >= 0.3 is 6.18 Å². The zero-order valence-corrected chi connectivity index (χ0v) is 15.7. The minimum atomic E-state index is -4.24. The minimum absolute atomic E-state index is 0.100. The molecule has 1 N–H and O–H groups in total. The molecule has 5 nitrogen and oxygen atoms in total. The van der Waals surface area contributed by atoms with Crippen LogP contribution in [0.4, 0.5) is 18.9 Å². The molecule has 3 aromatic rings. The number of aromatic nitrogens is 2. The number of rotatable bonds is 5. The smallest absolute Gasteiger partial charge is 0.390 e. The first-order valence-corrected chi connectivity index (χ1v) is 8.74. The van der Waals surface area contributed by atoms with Crippen molar-refractivity contribution in [3.8, 4) is 11.3 Å². The Morgan fingerprint density at radius 1 is 1.33 bits per heavy atom. The normalized spacial score (nSPS) is 11.7. The van der Waals surface area contributed by atoms with E-state index >= 15 is 0 Å². The number of carboxylic acids is 1. The first-order valence-electron chi connectivity index (χ1n) is 7.95. The Bertz CT molecular complexity index is 1010. The van der Waals surface area contributed by atoms with Gasteiger partial charge in [0.2, 0.25) is 0 Å². The summed E-state index contributed by atoms with van der Waals surface area (Å²) in [6.07, 6.45) is -1.87. The van der Waals surface area contributed by atoms with E-state index in [1.165, 1.54) is 6.07 Å². The highest BCUT2D eigenvalue weighted by molar-refractivity contribution is 9.10. The second kappa shape index (κ2) is 7.22. The van der Waals surface area contributed by atoms with Gasteiger partial charge in [0.25, 0.3) is 0 Å². The first kappa shape index (κ1) is 19.2. The summed E-state index contributed by atoms with van der Waals surface area (Å²) in [5.74, 6) is -1.25. The minimum Gasteiger partial charge on any atom is -0.545 e. The molecule has 0 radical (unpaired) electrons. The number of carbonyl (C=O) groups is 1. The average Bonchev–Trinajstić information content (AvgIpc) is 2.96. The zero-order valence-electron chi connectivity index (χ0n) is 14.1. The quantitative estimate of drug-likeness (QED) is 0.654. The summed E-state index contributed by atoms with van der Waals surface area (Å²) in [6.45, 7) is 1.40. The van der Waals surface area contributed by atoms with Crippen molar-refractivity contribution in [1.82, 2.24) is 9.38 Å². The molecule has 2 aromatic heterocycles. The third-order valence-electron chi connectivity index (χ3n) is 4.04. The second-order valence-electron chi connectivity index (χ2n) is 6.02. The van der Waals surface area contributed by atoms with Crippen LogP contribution in [0.1, 0.15) is 22.3 Å². The van der Waals surface area contributed by atoms with Crippen LogP contribution in [0, 0.1) is 6.92 Å². The predicted molar refractivity (Wildman–Crippen MR) is 96.6 cm³/mol. The number of carboxylic acid groups (broad SMARTS) is 1. The summed E-state index contributed by atoms with van der Waals surface area (Å²) in [6, 6.07) is 6.46. The Morgan fingerprint density at radius 3 is 2.70 bits per heavy atom. The van der Waals surface area contributed by atoms with Crippen molar-refractivity contribution < 1.29 is 23.1 Å². The molecule has 0 saturated heterocycles. The van der Waals surface area contributed by atoms with Gasteiger partial charge in [0.15, 0.2) is 5.65 Å². The Kier molecular flexibility index (Phi) is 5.14. The molecular weight excluding hydrogens is 427 g/mol. The number of hydrogen-bond acceptors (Lipinski definition) is 4. The van der Waals surface area contributed by atoms with E-state index < -0.39 is 18.6 Å². The van der Waals surface area contributed by atoms with E-state index in [2.05, 4.69) is 26.2 Å². The van der Waals surface area contributed by atoms with Gasteiger partial charge in [-0.15, -0.1) is 0 Å². The van der Waals surface area contributed by atoms with Gasteiger partial charge in [-0.3, -0.25) is 4.40 Å². The van der Waals surface area contributed by atoms with Gasteiger partial charge in [0.1, 0.15) is 0 Å². The molecule has 0 unspecified atom stereocenters. The Hall–Kier alpha value is -2.55. The largest absolute Gasteiger partial charge is 0.545 e. The summed E-state index contributed by atoms with van der Waals surface area (Å²) < 4.78 is 39.6.